The van der Waals surface area contributed by atoms with Crippen molar-refractivity contribution in [2.75, 3.05) is 38.3 Å². The number of nitrogens with two attached hydrogens (primary N) is 1. The van der Waals surface area contributed by atoms with Gasteiger partial charge in [0.2, 0.25) is 15.9 Å². The summed E-state index contributed by atoms with van der Waals surface area (Å²) in [6.07, 6.45) is 4.36. The monoisotopic (exact) mass is 508 g/mol. The fourth-order valence-electron chi connectivity index (χ4n) is 4.98. The number of ether oxygens (including phenoxy) is 1. The topological polar surface area (TPSA) is 115 Å². The Morgan fingerprint density at radius 3 is 2.61 bits per heavy atom. The molecule has 0 atom stereocenters. The van der Waals surface area contributed by atoms with Gasteiger partial charge in [0.25, 0.3) is 5.91 Å². The Kier molecular flexibility index (Phi) is 6.19. The molecule has 2 amide bonds. The van der Waals surface area contributed by atoms with E-state index < -0.39 is 15.9 Å². The summed E-state index contributed by atoms with van der Waals surface area (Å²) in [5, 5.41) is 0.893. The van der Waals surface area contributed by atoms with Crippen molar-refractivity contribution in [3.8, 4) is 0 Å². The third kappa shape index (κ3) is 4.01. The number of primary amides is 1. The van der Waals surface area contributed by atoms with Crippen LogP contribution >= 0.6 is 0 Å². The fraction of sp³-hybridized carbons (Fsp3) is 0.308. The highest BCUT2D eigenvalue weighted by Crippen LogP contribution is 2.40. The number of nitrogens with zero attached hydrogens (tertiary/aromatic N) is 3. The average Bonchev–Trinajstić information content (AvgIpc) is 3.34. The third-order valence-electron chi connectivity index (χ3n) is 6.78. The van der Waals surface area contributed by atoms with Gasteiger partial charge < -0.3 is 19.9 Å². The van der Waals surface area contributed by atoms with Gasteiger partial charge >= 0.3 is 0 Å². The summed E-state index contributed by atoms with van der Waals surface area (Å²) in [6.45, 7) is 3.34. The maximum absolute atomic E-state index is 13.3. The van der Waals surface area contributed by atoms with Gasteiger partial charge in [-0.1, -0.05) is 25.1 Å². The van der Waals surface area contributed by atoms with Crippen molar-refractivity contribution in [2.24, 2.45) is 5.73 Å². The highest BCUT2D eigenvalue weighted by atomic mass is 32.2. The number of hydrogen-bond acceptors (Lipinski definition) is 5. The minimum absolute atomic E-state index is 0.0169. The molecule has 3 aromatic rings. The van der Waals surface area contributed by atoms with E-state index >= 15 is 0 Å². The van der Waals surface area contributed by atoms with E-state index in [2.05, 4.69) is 0 Å². The molecule has 2 N–H and O–H groups in total. The molecule has 1 aromatic heterocycles. The maximum atomic E-state index is 13.3. The van der Waals surface area contributed by atoms with Crippen molar-refractivity contribution in [3.05, 3.63) is 59.3 Å². The van der Waals surface area contributed by atoms with Crippen LogP contribution in [0, 0.1) is 0 Å². The number of benzene rings is 2. The lowest BCUT2D eigenvalue weighted by Gasteiger charge is -2.26. The van der Waals surface area contributed by atoms with Crippen LogP contribution in [0.1, 0.15) is 23.6 Å². The minimum Gasteiger partial charge on any atom is -0.379 e. The van der Waals surface area contributed by atoms with Gasteiger partial charge in [0.05, 0.1) is 29.3 Å². The molecule has 0 spiro atoms. The lowest BCUT2D eigenvalue weighted by molar-refractivity contribution is -0.118. The predicted molar refractivity (Wildman–Crippen MR) is 138 cm³/mol. The fourth-order valence-corrected chi connectivity index (χ4v) is 6.41. The Morgan fingerprint density at radius 2 is 1.92 bits per heavy atom. The molecule has 0 bridgehead atoms. The summed E-state index contributed by atoms with van der Waals surface area (Å²) in [7, 11) is -2.06. The van der Waals surface area contributed by atoms with Crippen molar-refractivity contribution in [3.63, 3.8) is 0 Å². The molecule has 3 heterocycles. The van der Waals surface area contributed by atoms with Crippen LogP contribution in [-0.4, -0.2) is 62.5 Å². The molecule has 36 heavy (non-hydrogen) atoms. The van der Waals surface area contributed by atoms with Gasteiger partial charge in [0, 0.05) is 48.4 Å². The Hall–Kier alpha value is -3.47. The number of likely N-dealkylation sites (N-methyl/N-ethyl adjacent to an activating group) is 1. The molecule has 0 saturated carbocycles. The number of morpholine rings is 1. The summed E-state index contributed by atoms with van der Waals surface area (Å²) in [4.78, 5) is 26.7. The maximum Gasteiger partial charge on any atom is 0.258 e. The van der Waals surface area contributed by atoms with Crippen molar-refractivity contribution in [1.29, 1.82) is 0 Å². The highest BCUT2D eigenvalue weighted by molar-refractivity contribution is 7.89. The van der Waals surface area contributed by atoms with Crippen LogP contribution in [0.2, 0.25) is 0 Å². The van der Waals surface area contributed by atoms with Crippen molar-refractivity contribution in [1.82, 2.24) is 8.87 Å². The lowest BCUT2D eigenvalue weighted by Crippen LogP contribution is -2.40. The number of carbonyl (C=O) groups is 2. The van der Waals surface area contributed by atoms with Gasteiger partial charge in [-0.25, -0.2) is 8.42 Å². The molecule has 1 saturated heterocycles. The highest BCUT2D eigenvalue weighted by Gasteiger charge is 2.33. The normalized spacial score (nSPS) is 17.8. The van der Waals surface area contributed by atoms with E-state index in [4.69, 9.17) is 10.5 Å². The number of aromatic nitrogens is 1. The standard InChI is InChI=1S/C26H28N4O5S/c1-3-17-5-4-6-20-18(15-29(25(17)20)16-24(27)31)13-22-21-14-19(7-8-23(21)28(2)26(22)32)36(33,34)30-9-11-35-12-10-30/h4-8,13-15H,3,9-12,16H2,1-2H3,(H2,27,31)/b22-13-. The molecule has 5 rings (SSSR count). The van der Waals surface area contributed by atoms with E-state index in [-0.39, 0.29) is 17.3 Å². The number of carbonyl (C=O) groups excluding carboxylic acids is 2. The number of hydrogen-bond donors (Lipinski definition) is 1. The van der Waals surface area contributed by atoms with Crippen LogP contribution in [0.3, 0.4) is 0 Å². The first-order valence-corrected chi connectivity index (χ1v) is 13.3. The van der Waals surface area contributed by atoms with Crippen molar-refractivity contribution < 1.29 is 22.7 Å². The largest absolute Gasteiger partial charge is 0.379 e. The first kappa shape index (κ1) is 24.2. The Bertz CT molecular complexity index is 1520. The molecule has 0 unspecified atom stereocenters. The van der Waals surface area contributed by atoms with Gasteiger partial charge in [-0.05, 0) is 36.3 Å². The number of fused-ring (bicyclic) bond motifs is 2. The number of rotatable bonds is 6. The quantitative estimate of drug-likeness (QED) is 0.513. The van der Waals surface area contributed by atoms with Gasteiger partial charge in [-0.2, -0.15) is 4.31 Å². The average molecular weight is 509 g/mol. The summed E-state index contributed by atoms with van der Waals surface area (Å²) < 4.78 is 35.1. The third-order valence-corrected chi connectivity index (χ3v) is 8.68. The Morgan fingerprint density at radius 1 is 1.17 bits per heavy atom. The number of amides is 2. The van der Waals surface area contributed by atoms with E-state index in [1.807, 2.05) is 35.9 Å². The first-order chi connectivity index (χ1) is 17.2. The van der Waals surface area contributed by atoms with Crippen LogP contribution in [0.25, 0.3) is 22.6 Å². The smallest absolute Gasteiger partial charge is 0.258 e. The number of sulfonamides is 1. The van der Waals surface area contributed by atoms with E-state index in [0.29, 0.717) is 43.1 Å². The summed E-state index contributed by atoms with van der Waals surface area (Å²) in [6, 6.07) is 10.7. The molecule has 2 aromatic carbocycles. The zero-order valence-electron chi connectivity index (χ0n) is 20.2. The molecule has 0 radical (unpaired) electrons. The molecule has 1 fully saturated rings. The molecule has 188 valence electrons. The van der Waals surface area contributed by atoms with Gasteiger partial charge in [-0.3, -0.25) is 9.59 Å². The molecular weight excluding hydrogens is 480 g/mol. The summed E-state index contributed by atoms with van der Waals surface area (Å²) >= 11 is 0. The zero-order chi connectivity index (χ0) is 25.6. The molecule has 2 aliphatic rings. The van der Waals surface area contributed by atoms with Crippen LogP contribution in [-0.2, 0) is 37.3 Å². The Labute approximate surface area is 209 Å². The number of anilines is 1. The van der Waals surface area contributed by atoms with Crippen LogP contribution in [0.4, 0.5) is 5.69 Å². The second-order valence-corrected chi connectivity index (χ2v) is 10.9. The van der Waals surface area contributed by atoms with Gasteiger partial charge in [0.1, 0.15) is 6.54 Å². The Balaban J connectivity index is 1.65. The summed E-state index contributed by atoms with van der Waals surface area (Å²) in [5.74, 6) is -0.689. The van der Waals surface area contributed by atoms with Crippen molar-refractivity contribution in [2.45, 2.75) is 24.8 Å². The summed E-state index contributed by atoms with van der Waals surface area (Å²) in [5.41, 5.74) is 9.80. The second-order valence-electron chi connectivity index (χ2n) is 8.96. The SMILES string of the molecule is CCc1cccc2c(/C=C3\C(=O)N(C)c4ccc(S(=O)(=O)N5CCOCC5)cc43)cn(CC(N)=O)c12. The molecule has 2 aliphatic heterocycles. The van der Waals surface area contributed by atoms with Crippen LogP contribution in [0.5, 0.6) is 0 Å². The second kappa shape index (κ2) is 9.20. The zero-order valence-corrected chi connectivity index (χ0v) is 21.0. The predicted octanol–water partition coefficient (Wildman–Crippen LogP) is 2.23. The van der Waals surface area contributed by atoms with Crippen LogP contribution in [0.15, 0.2) is 47.5 Å². The minimum atomic E-state index is -3.73. The van der Waals surface area contributed by atoms with E-state index in [1.54, 1.807) is 31.3 Å². The molecule has 10 heteroatoms. The first-order valence-electron chi connectivity index (χ1n) is 11.8. The molecule has 0 aliphatic carbocycles. The van der Waals surface area contributed by atoms with Crippen LogP contribution < -0.4 is 10.6 Å². The van der Waals surface area contributed by atoms with Gasteiger partial charge in [-0.15, -0.1) is 0 Å². The number of aryl methyl sites for hydroxylation is 1. The lowest BCUT2D eigenvalue weighted by atomic mass is 10.0. The van der Waals surface area contributed by atoms with E-state index in [9.17, 15) is 18.0 Å². The molecule has 9 nitrogen and oxygen atoms in total. The van der Waals surface area contributed by atoms with E-state index in [1.165, 1.54) is 9.21 Å². The van der Waals surface area contributed by atoms with Crippen molar-refractivity contribution >= 4 is 50.1 Å². The molecular formula is C26H28N4O5S. The number of para-hydroxylation sites is 1. The van der Waals surface area contributed by atoms with E-state index in [0.717, 1.165) is 28.5 Å². The van der Waals surface area contributed by atoms with Gasteiger partial charge in [0.15, 0.2) is 0 Å².